The lowest BCUT2D eigenvalue weighted by Gasteiger charge is -2.34. The fraction of sp³-hybridized carbons (Fsp3) is 0.579. The van der Waals surface area contributed by atoms with Crippen LogP contribution in [0.5, 0.6) is 0 Å². The average Bonchev–Trinajstić information content (AvgIpc) is 2.97. The van der Waals surface area contributed by atoms with Crippen LogP contribution in [0.15, 0.2) is 18.2 Å². The molecule has 130 valence electrons. The topological polar surface area (TPSA) is 49.9 Å². The molecule has 2 saturated heterocycles. The van der Waals surface area contributed by atoms with Crippen LogP contribution < -0.4 is 0 Å². The van der Waals surface area contributed by atoms with E-state index in [1.807, 2.05) is 24.0 Å². The van der Waals surface area contributed by atoms with Crippen molar-refractivity contribution in [2.24, 2.45) is 5.92 Å². The van der Waals surface area contributed by atoms with Crippen LogP contribution in [0.1, 0.15) is 40.1 Å². The van der Waals surface area contributed by atoms with Gasteiger partial charge in [-0.1, -0.05) is 13.0 Å². The summed E-state index contributed by atoms with van der Waals surface area (Å²) in [5.41, 5.74) is 2.17. The monoisotopic (exact) mass is 330 g/mol. The van der Waals surface area contributed by atoms with Crippen LogP contribution in [0.3, 0.4) is 0 Å². The SMILES string of the molecule is CC(=O)c1cc(C(=O)N2C[C@@H](N3CCOCC3)[C@@H](C)C2)ccc1C. The van der Waals surface area contributed by atoms with E-state index in [9.17, 15) is 9.59 Å². The maximum Gasteiger partial charge on any atom is 0.253 e. The van der Waals surface area contributed by atoms with Gasteiger partial charge in [0.05, 0.1) is 13.2 Å². The molecule has 0 spiro atoms. The quantitative estimate of drug-likeness (QED) is 0.796. The van der Waals surface area contributed by atoms with Gasteiger partial charge in [0.25, 0.3) is 5.91 Å². The van der Waals surface area contributed by atoms with Crippen molar-refractivity contribution in [1.82, 2.24) is 9.80 Å². The molecule has 0 saturated carbocycles. The molecule has 2 aliphatic heterocycles. The highest BCUT2D eigenvalue weighted by Gasteiger charge is 2.36. The number of benzene rings is 1. The first-order valence-electron chi connectivity index (χ1n) is 8.70. The van der Waals surface area contributed by atoms with E-state index in [0.29, 0.717) is 23.1 Å². The lowest BCUT2D eigenvalue weighted by atomic mass is 10.0. The Labute approximate surface area is 143 Å². The van der Waals surface area contributed by atoms with Crippen LogP contribution in [0.2, 0.25) is 0 Å². The van der Waals surface area contributed by atoms with Crippen LogP contribution in [0, 0.1) is 12.8 Å². The van der Waals surface area contributed by atoms with Gasteiger partial charge in [0.15, 0.2) is 5.78 Å². The number of ketones is 1. The van der Waals surface area contributed by atoms with E-state index in [1.54, 1.807) is 13.0 Å². The maximum atomic E-state index is 12.9. The normalized spacial score (nSPS) is 25.0. The van der Waals surface area contributed by atoms with E-state index < -0.39 is 0 Å². The number of ether oxygens (including phenoxy) is 1. The zero-order chi connectivity index (χ0) is 17.3. The Kier molecular flexibility index (Phi) is 5.01. The second-order valence-electron chi connectivity index (χ2n) is 6.99. The summed E-state index contributed by atoms with van der Waals surface area (Å²) in [7, 11) is 0. The minimum atomic E-state index is 0.00290. The summed E-state index contributed by atoms with van der Waals surface area (Å²) < 4.78 is 5.43. The standard InChI is InChI=1S/C19H26N2O3/c1-13-4-5-16(10-17(13)15(3)22)19(23)21-11-14(2)18(12-21)20-6-8-24-9-7-20/h4-5,10,14,18H,6-9,11-12H2,1-3H3/t14-,18+/m0/s1. The smallest absolute Gasteiger partial charge is 0.253 e. The molecule has 1 amide bonds. The molecule has 0 aliphatic carbocycles. The molecule has 3 rings (SSSR count). The number of hydrogen-bond donors (Lipinski definition) is 0. The van der Waals surface area contributed by atoms with E-state index >= 15 is 0 Å². The molecule has 0 aromatic heterocycles. The highest BCUT2D eigenvalue weighted by molar-refractivity contribution is 6.00. The molecular formula is C19H26N2O3. The number of hydrogen-bond acceptors (Lipinski definition) is 4. The Morgan fingerprint density at radius 1 is 1.17 bits per heavy atom. The third-order valence-electron chi connectivity index (χ3n) is 5.24. The Bertz CT molecular complexity index is 637. The first kappa shape index (κ1) is 17.1. The molecule has 0 N–H and O–H groups in total. The molecular weight excluding hydrogens is 304 g/mol. The van der Waals surface area contributed by atoms with Crippen molar-refractivity contribution in [3.8, 4) is 0 Å². The molecule has 0 unspecified atom stereocenters. The highest BCUT2D eigenvalue weighted by atomic mass is 16.5. The molecule has 2 fully saturated rings. The van der Waals surface area contributed by atoms with Gasteiger partial charge in [0.2, 0.25) is 0 Å². The fourth-order valence-electron chi connectivity index (χ4n) is 3.82. The fourth-order valence-corrected chi connectivity index (χ4v) is 3.82. The van der Waals surface area contributed by atoms with Gasteiger partial charge in [-0.15, -0.1) is 0 Å². The molecule has 2 atom stereocenters. The lowest BCUT2D eigenvalue weighted by Crippen LogP contribution is -2.47. The van der Waals surface area contributed by atoms with Gasteiger partial charge in [0, 0.05) is 43.3 Å². The van der Waals surface area contributed by atoms with Gasteiger partial charge in [-0.3, -0.25) is 14.5 Å². The number of nitrogens with zero attached hydrogens (tertiary/aromatic N) is 2. The van der Waals surface area contributed by atoms with Crippen LogP contribution in [-0.4, -0.2) is 66.9 Å². The first-order chi connectivity index (χ1) is 11.5. The third kappa shape index (κ3) is 3.37. The number of carbonyl (C=O) groups excluding carboxylic acids is 2. The molecule has 5 heteroatoms. The van der Waals surface area contributed by atoms with Crippen molar-refractivity contribution >= 4 is 11.7 Å². The molecule has 5 nitrogen and oxygen atoms in total. The van der Waals surface area contributed by atoms with Crippen molar-refractivity contribution in [3.63, 3.8) is 0 Å². The number of rotatable bonds is 3. The summed E-state index contributed by atoms with van der Waals surface area (Å²) in [5.74, 6) is 0.480. The van der Waals surface area contributed by atoms with Crippen LogP contribution in [-0.2, 0) is 4.74 Å². The average molecular weight is 330 g/mol. The predicted octanol–water partition coefficient (Wildman–Crippen LogP) is 1.99. The Balaban J connectivity index is 1.74. The summed E-state index contributed by atoms with van der Waals surface area (Å²) in [6.45, 7) is 10.6. The summed E-state index contributed by atoms with van der Waals surface area (Å²) >= 11 is 0. The van der Waals surface area contributed by atoms with Gasteiger partial charge in [0.1, 0.15) is 0 Å². The van der Waals surface area contributed by atoms with Crippen molar-refractivity contribution < 1.29 is 14.3 Å². The van der Waals surface area contributed by atoms with Crippen molar-refractivity contribution in [3.05, 3.63) is 34.9 Å². The number of aryl methyl sites for hydroxylation is 1. The van der Waals surface area contributed by atoms with Crippen LogP contribution >= 0.6 is 0 Å². The summed E-state index contributed by atoms with van der Waals surface area (Å²) in [5, 5.41) is 0. The molecule has 2 heterocycles. The van der Waals surface area contributed by atoms with E-state index in [0.717, 1.165) is 45.0 Å². The molecule has 0 radical (unpaired) electrons. The second kappa shape index (κ2) is 7.03. The maximum absolute atomic E-state index is 12.9. The predicted molar refractivity (Wildman–Crippen MR) is 92.4 cm³/mol. The zero-order valence-electron chi connectivity index (χ0n) is 14.7. The third-order valence-corrected chi connectivity index (χ3v) is 5.24. The van der Waals surface area contributed by atoms with E-state index in [-0.39, 0.29) is 11.7 Å². The van der Waals surface area contributed by atoms with Gasteiger partial charge in [-0.2, -0.15) is 0 Å². The number of morpholine rings is 1. The van der Waals surface area contributed by atoms with Gasteiger partial charge < -0.3 is 9.64 Å². The van der Waals surface area contributed by atoms with Crippen molar-refractivity contribution in [2.45, 2.75) is 26.8 Å². The number of likely N-dealkylation sites (tertiary alicyclic amines) is 1. The lowest BCUT2D eigenvalue weighted by molar-refractivity contribution is 0.0119. The summed E-state index contributed by atoms with van der Waals surface area (Å²) in [6.07, 6.45) is 0. The molecule has 1 aromatic rings. The Morgan fingerprint density at radius 2 is 1.88 bits per heavy atom. The molecule has 24 heavy (non-hydrogen) atoms. The minimum absolute atomic E-state index is 0.00290. The molecule has 1 aromatic carbocycles. The van der Waals surface area contributed by atoms with Gasteiger partial charge in [-0.05, 0) is 37.5 Å². The van der Waals surface area contributed by atoms with Crippen LogP contribution in [0.4, 0.5) is 0 Å². The Morgan fingerprint density at radius 3 is 2.54 bits per heavy atom. The number of Topliss-reactive ketones (excluding diaryl/α,β-unsaturated/α-hetero) is 1. The molecule has 2 aliphatic rings. The second-order valence-corrected chi connectivity index (χ2v) is 6.99. The van der Waals surface area contributed by atoms with Crippen molar-refractivity contribution in [2.75, 3.05) is 39.4 Å². The number of amides is 1. The van der Waals surface area contributed by atoms with Gasteiger partial charge in [-0.25, -0.2) is 0 Å². The number of carbonyl (C=O) groups is 2. The summed E-state index contributed by atoms with van der Waals surface area (Å²) in [6, 6.07) is 5.84. The van der Waals surface area contributed by atoms with Crippen LogP contribution in [0.25, 0.3) is 0 Å². The van der Waals surface area contributed by atoms with E-state index in [4.69, 9.17) is 4.74 Å². The first-order valence-corrected chi connectivity index (χ1v) is 8.70. The van der Waals surface area contributed by atoms with E-state index in [2.05, 4.69) is 11.8 Å². The van der Waals surface area contributed by atoms with Crippen molar-refractivity contribution in [1.29, 1.82) is 0 Å². The van der Waals surface area contributed by atoms with Gasteiger partial charge >= 0.3 is 0 Å². The molecule has 0 bridgehead atoms. The zero-order valence-corrected chi connectivity index (χ0v) is 14.7. The Hall–Kier alpha value is -1.72. The largest absolute Gasteiger partial charge is 0.379 e. The minimum Gasteiger partial charge on any atom is -0.379 e. The highest BCUT2D eigenvalue weighted by Crippen LogP contribution is 2.25. The van der Waals surface area contributed by atoms with E-state index in [1.165, 1.54) is 0 Å². The summed E-state index contributed by atoms with van der Waals surface area (Å²) in [4.78, 5) is 29.0.